The lowest BCUT2D eigenvalue weighted by Crippen LogP contribution is -2.50. The van der Waals surface area contributed by atoms with E-state index in [9.17, 15) is 14.0 Å². The second-order valence-electron chi connectivity index (χ2n) is 6.31. The molecule has 1 fully saturated rings. The Morgan fingerprint density at radius 2 is 1.56 bits per heavy atom. The lowest BCUT2D eigenvalue weighted by atomic mass is 10.1. The van der Waals surface area contributed by atoms with Crippen molar-refractivity contribution in [2.24, 2.45) is 0 Å². The van der Waals surface area contributed by atoms with Crippen LogP contribution in [0.25, 0.3) is 0 Å². The van der Waals surface area contributed by atoms with E-state index in [0.29, 0.717) is 43.1 Å². The Morgan fingerprint density at radius 3 is 2.08 bits per heavy atom. The van der Waals surface area contributed by atoms with Gasteiger partial charge in [0.25, 0.3) is 11.8 Å². The SMILES string of the molecule is Cc1oc(C)c(C(=O)N2CCN(C(=O)c3cccc(F)c3)CC2)c1C. The summed E-state index contributed by atoms with van der Waals surface area (Å²) >= 11 is 0. The summed E-state index contributed by atoms with van der Waals surface area (Å²) in [5, 5.41) is 0. The van der Waals surface area contributed by atoms with Crippen LogP contribution in [-0.4, -0.2) is 47.8 Å². The minimum Gasteiger partial charge on any atom is -0.466 e. The van der Waals surface area contributed by atoms with Gasteiger partial charge >= 0.3 is 0 Å². The lowest BCUT2D eigenvalue weighted by Gasteiger charge is -2.35. The summed E-state index contributed by atoms with van der Waals surface area (Å²) in [7, 11) is 0. The average Bonchev–Trinajstić information content (AvgIpc) is 2.86. The van der Waals surface area contributed by atoms with Gasteiger partial charge in [-0.1, -0.05) is 6.07 Å². The fourth-order valence-electron chi connectivity index (χ4n) is 3.18. The minimum absolute atomic E-state index is 0.0651. The molecule has 0 saturated carbocycles. The highest BCUT2D eigenvalue weighted by Crippen LogP contribution is 2.23. The second-order valence-corrected chi connectivity index (χ2v) is 6.31. The van der Waals surface area contributed by atoms with Crippen molar-refractivity contribution in [3.8, 4) is 0 Å². The maximum atomic E-state index is 13.3. The predicted molar refractivity (Wildman–Crippen MR) is 91.1 cm³/mol. The van der Waals surface area contributed by atoms with Crippen LogP contribution in [0.4, 0.5) is 4.39 Å². The summed E-state index contributed by atoms with van der Waals surface area (Å²) < 4.78 is 18.8. The summed E-state index contributed by atoms with van der Waals surface area (Å²) in [6.07, 6.45) is 0. The fourth-order valence-corrected chi connectivity index (χ4v) is 3.18. The van der Waals surface area contributed by atoms with Crippen LogP contribution in [0.1, 0.15) is 37.8 Å². The number of benzene rings is 1. The van der Waals surface area contributed by atoms with E-state index in [4.69, 9.17) is 4.42 Å². The molecule has 5 nitrogen and oxygen atoms in total. The Labute approximate surface area is 146 Å². The van der Waals surface area contributed by atoms with Crippen LogP contribution < -0.4 is 0 Å². The quantitative estimate of drug-likeness (QED) is 0.842. The molecule has 0 atom stereocenters. The fraction of sp³-hybridized carbons (Fsp3) is 0.368. The summed E-state index contributed by atoms with van der Waals surface area (Å²) in [6.45, 7) is 7.26. The van der Waals surface area contributed by atoms with E-state index in [1.54, 1.807) is 22.8 Å². The van der Waals surface area contributed by atoms with Crippen LogP contribution in [0.2, 0.25) is 0 Å². The maximum Gasteiger partial charge on any atom is 0.257 e. The molecule has 1 saturated heterocycles. The number of amides is 2. The zero-order valence-electron chi connectivity index (χ0n) is 14.6. The number of carbonyl (C=O) groups is 2. The van der Waals surface area contributed by atoms with Crippen molar-refractivity contribution in [1.82, 2.24) is 9.80 Å². The monoisotopic (exact) mass is 344 g/mol. The Balaban J connectivity index is 1.67. The molecule has 2 aromatic rings. The largest absolute Gasteiger partial charge is 0.466 e. The van der Waals surface area contributed by atoms with E-state index in [0.717, 1.165) is 11.3 Å². The van der Waals surface area contributed by atoms with E-state index < -0.39 is 5.82 Å². The molecule has 2 heterocycles. The van der Waals surface area contributed by atoms with Crippen LogP contribution in [0.3, 0.4) is 0 Å². The summed E-state index contributed by atoms with van der Waals surface area (Å²) in [4.78, 5) is 28.6. The Morgan fingerprint density at radius 1 is 0.960 bits per heavy atom. The standard InChI is InChI=1S/C19H21FN2O3/c1-12-13(2)25-14(3)17(12)19(24)22-9-7-21(8-10-22)18(23)15-5-4-6-16(20)11-15/h4-6,11H,7-10H2,1-3H3. The van der Waals surface area contributed by atoms with E-state index >= 15 is 0 Å². The third-order valence-corrected chi connectivity index (χ3v) is 4.70. The number of halogens is 1. The van der Waals surface area contributed by atoms with Crippen LogP contribution in [-0.2, 0) is 0 Å². The molecule has 0 unspecified atom stereocenters. The number of rotatable bonds is 2. The Hall–Kier alpha value is -2.63. The highest BCUT2D eigenvalue weighted by molar-refractivity contribution is 5.97. The topological polar surface area (TPSA) is 53.8 Å². The number of furan rings is 1. The molecule has 132 valence electrons. The maximum absolute atomic E-state index is 13.3. The van der Waals surface area contributed by atoms with Crippen LogP contribution >= 0.6 is 0 Å². The first kappa shape index (κ1) is 17.2. The van der Waals surface area contributed by atoms with Gasteiger partial charge in [-0.2, -0.15) is 0 Å². The predicted octanol–water partition coefficient (Wildman–Crippen LogP) is 2.94. The van der Waals surface area contributed by atoms with Gasteiger partial charge in [0.15, 0.2) is 0 Å². The van der Waals surface area contributed by atoms with Gasteiger partial charge in [-0.15, -0.1) is 0 Å². The Kier molecular flexibility index (Phi) is 4.61. The zero-order valence-corrected chi connectivity index (χ0v) is 14.6. The first-order valence-corrected chi connectivity index (χ1v) is 8.29. The molecule has 2 amide bonds. The first-order chi connectivity index (χ1) is 11.9. The van der Waals surface area contributed by atoms with Crippen LogP contribution in [0, 0.1) is 26.6 Å². The molecular formula is C19H21FN2O3. The van der Waals surface area contributed by atoms with Gasteiger partial charge in [0, 0.05) is 37.3 Å². The molecule has 0 spiro atoms. The highest BCUT2D eigenvalue weighted by Gasteiger charge is 2.28. The molecule has 6 heteroatoms. The van der Waals surface area contributed by atoms with Gasteiger partial charge in [-0.3, -0.25) is 9.59 Å². The number of nitrogens with zero attached hydrogens (tertiary/aromatic N) is 2. The van der Waals surface area contributed by atoms with Crippen molar-refractivity contribution in [3.63, 3.8) is 0 Å². The first-order valence-electron chi connectivity index (χ1n) is 8.29. The minimum atomic E-state index is -0.430. The molecule has 0 N–H and O–H groups in total. The average molecular weight is 344 g/mol. The number of hydrogen-bond donors (Lipinski definition) is 0. The summed E-state index contributed by atoms with van der Waals surface area (Å²) in [6, 6.07) is 5.67. The normalized spacial score (nSPS) is 14.7. The lowest BCUT2D eigenvalue weighted by molar-refractivity contribution is 0.0534. The molecule has 1 aromatic heterocycles. The number of carbonyl (C=O) groups excluding carboxylic acids is 2. The number of aryl methyl sites for hydroxylation is 2. The zero-order chi connectivity index (χ0) is 18.1. The third-order valence-electron chi connectivity index (χ3n) is 4.70. The molecule has 0 aliphatic carbocycles. The van der Waals surface area contributed by atoms with Gasteiger partial charge in [0.2, 0.25) is 0 Å². The molecule has 25 heavy (non-hydrogen) atoms. The van der Waals surface area contributed by atoms with Crippen molar-refractivity contribution in [1.29, 1.82) is 0 Å². The second kappa shape index (κ2) is 6.70. The van der Waals surface area contributed by atoms with Crippen molar-refractivity contribution < 1.29 is 18.4 Å². The highest BCUT2D eigenvalue weighted by atomic mass is 19.1. The van der Waals surface area contributed by atoms with Crippen molar-refractivity contribution >= 4 is 11.8 Å². The molecule has 0 radical (unpaired) electrons. The Bertz CT molecular complexity index is 820. The molecule has 1 aromatic carbocycles. The van der Waals surface area contributed by atoms with Gasteiger partial charge in [0.1, 0.15) is 17.3 Å². The number of piperazine rings is 1. The van der Waals surface area contributed by atoms with Crippen molar-refractivity contribution in [2.45, 2.75) is 20.8 Å². The van der Waals surface area contributed by atoms with Crippen LogP contribution in [0.15, 0.2) is 28.7 Å². The van der Waals surface area contributed by atoms with E-state index in [2.05, 4.69) is 0 Å². The van der Waals surface area contributed by atoms with E-state index in [1.165, 1.54) is 18.2 Å². The third kappa shape index (κ3) is 3.29. The van der Waals surface area contributed by atoms with Crippen LogP contribution in [0.5, 0.6) is 0 Å². The smallest absolute Gasteiger partial charge is 0.257 e. The van der Waals surface area contributed by atoms with E-state index in [-0.39, 0.29) is 11.8 Å². The molecule has 1 aliphatic rings. The number of hydrogen-bond acceptors (Lipinski definition) is 3. The molecule has 3 rings (SSSR count). The van der Waals surface area contributed by atoms with Gasteiger partial charge in [-0.05, 0) is 39.0 Å². The molecular weight excluding hydrogens is 323 g/mol. The van der Waals surface area contributed by atoms with E-state index in [1.807, 2.05) is 13.8 Å². The van der Waals surface area contributed by atoms with Crippen molar-refractivity contribution in [2.75, 3.05) is 26.2 Å². The summed E-state index contributed by atoms with van der Waals surface area (Å²) in [5.41, 5.74) is 1.81. The van der Waals surface area contributed by atoms with Gasteiger partial charge in [0.05, 0.1) is 5.56 Å². The van der Waals surface area contributed by atoms with Gasteiger partial charge < -0.3 is 14.2 Å². The van der Waals surface area contributed by atoms with Crippen molar-refractivity contribution in [3.05, 3.63) is 58.3 Å². The molecule has 1 aliphatic heterocycles. The summed E-state index contributed by atoms with van der Waals surface area (Å²) in [5.74, 6) is 0.669. The molecule has 0 bridgehead atoms. The van der Waals surface area contributed by atoms with Gasteiger partial charge in [-0.25, -0.2) is 4.39 Å².